The zero-order chi connectivity index (χ0) is 24.1. The molecule has 7 nitrogen and oxygen atoms in total. The van der Waals surface area contributed by atoms with Crippen LogP contribution in [0.15, 0.2) is 53.0 Å². The Morgan fingerprint density at radius 1 is 1.14 bits per heavy atom. The summed E-state index contributed by atoms with van der Waals surface area (Å²) in [5.74, 6) is 1.67. The van der Waals surface area contributed by atoms with Crippen molar-refractivity contribution >= 4 is 27.6 Å². The van der Waals surface area contributed by atoms with Crippen molar-refractivity contribution in [3.05, 3.63) is 80.8 Å². The minimum absolute atomic E-state index is 0.173. The van der Waals surface area contributed by atoms with Gasteiger partial charge in [0.1, 0.15) is 6.10 Å². The summed E-state index contributed by atoms with van der Waals surface area (Å²) in [6.45, 7) is 1.66. The summed E-state index contributed by atoms with van der Waals surface area (Å²) in [5, 5.41) is 3.41. The number of methoxy groups -OCH3 is 1. The molecule has 35 heavy (non-hydrogen) atoms. The van der Waals surface area contributed by atoms with E-state index in [1.165, 1.54) is 0 Å². The topological polar surface area (TPSA) is 69.3 Å². The highest BCUT2D eigenvalue weighted by molar-refractivity contribution is 9.10. The third kappa shape index (κ3) is 3.81. The lowest BCUT2D eigenvalue weighted by Crippen LogP contribution is -2.36. The molecule has 0 amide bonds. The maximum Gasteiger partial charge on any atom is 0.339 e. The first-order valence-corrected chi connectivity index (χ1v) is 12.4. The molecule has 2 atom stereocenters. The number of hydrogen-bond donors (Lipinski definition) is 1. The zero-order valence-electron chi connectivity index (χ0n) is 19.5. The molecule has 6 rings (SSSR count). The van der Waals surface area contributed by atoms with Gasteiger partial charge in [0, 0.05) is 34.4 Å². The van der Waals surface area contributed by atoms with E-state index in [1.54, 1.807) is 7.11 Å². The van der Waals surface area contributed by atoms with Gasteiger partial charge in [0.15, 0.2) is 11.5 Å². The van der Waals surface area contributed by atoms with Crippen LogP contribution in [-0.4, -0.2) is 38.4 Å². The largest absolute Gasteiger partial charge is 0.492 e. The Morgan fingerprint density at radius 2 is 1.97 bits per heavy atom. The lowest BCUT2D eigenvalue weighted by Gasteiger charge is -2.38. The summed E-state index contributed by atoms with van der Waals surface area (Å²) in [6, 6.07) is 15.9. The van der Waals surface area contributed by atoms with Gasteiger partial charge < -0.3 is 24.3 Å². The predicted octanol–water partition coefficient (Wildman–Crippen LogP) is 5.24. The molecule has 0 aliphatic carbocycles. The predicted molar refractivity (Wildman–Crippen MR) is 134 cm³/mol. The average molecular weight is 537 g/mol. The molecular formula is C27H25BrN2O5. The molecule has 3 aromatic carbocycles. The number of anilines is 1. The number of halogens is 1. The second-order valence-electron chi connectivity index (χ2n) is 9.00. The number of benzene rings is 3. The number of rotatable bonds is 5. The Hall–Kier alpha value is -3.23. The van der Waals surface area contributed by atoms with E-state index in [9.17, 15) is 4.79 Å². The summed E-state index contributed by atoms with van der Waals surface area (Å²) in [4.78, 5) is 15.2. The van der Waals surface area contributed by atoms with Crippen molar-refractivity contribution in [3.63, 3.8) is 0 Å². The minimum Gasteiger partial charge on any atom is -0.492 e. The van der Waals surface area contributed by atoms with Gasteiger partial charge in [-0.2, -0.15) is 0 Å². The molecule has 1 N–H and O–H groups in total. The van der Waals surface area contributed by atoms with Gasteiger partial charge in [0.2, 0.25) is 12.5 Å². The Kier molecular flexibility index (Phi) is 5.57. The molecule has 2 unspecified atom stereocenters. The molecular weight excluding hydrogens is 512 g/mol. The van der Waals surface area contributed by atoms with Gasteiger partial charge in [-0.15, -0.1) is 0 Å². The Labute approximate surface area is 212 Å². The third-order valence-corrected chi connectivity index (χ3v) is 7.49. The molecule has 180 valence electrons. The second kappa shape index (κ2) is 8.77. The van der Waals surface area contributed by atoms with Crippen molar-refractivity contribution in [2.45, 2.75) is 25.1 Å². The van der Waals surface area contributed by atoms with Crippen LogP contribution in [-0.2, 0) is 17.7 Å². The van der Waals surface area contributed by atoms with Gasteiger partial charge in [0.05, 0.1) is 18.7 Å². The molecule has 3 aromatic rings. The average Bonchev–Trinajstić information content (AvgIpc) is 3.46. The lowest BCUT2D eigenvalue weighted by molar-refractivity contribution is 0.00882. The van der Waals surface area contributed by atoms with Gasteiger partial charge in [-0.05, 0) is 54.9 Å². The van der Waals surface area contributed by atoms with Crippen molar-refractivity contribution in [2.75, 3.05) is 32.8 Å². The minimum atomic E-state index is -0.448. The maximum atomic E-state index is 13.0. The van der Waals surface area contributed by atoms with Crippen molar-refractivity contribution in [2.24, 2.45) is 0 Å². The Morgan fingerprint density at radius 3 is 2.77 bits per heavy atom. The number of fused-ring (bicyclic) bond motifs is 3. The molecule has 0 radical (unpaired) electrons. The van der Waals surface area contributed by atoms with E-state index < -0.39 is 6.10 Å². The summed E-state index contributed by atoms with van der Waals surface area (Å²) < 4.78 is 24.2. The molecule has 0 spiro atoms. The van der Waals surface area contributed by atoms with Crippen LogP contribution in [0.2, 0.25) is 0 Å². The van der Waals surface area contributed by atoms with E-state index in [2.05, 4.69) is 45.3 Å². The first-order valence-electron chi connectivity index (χ1n) is 11.6. The number of carbonyl (C=O) groups excluding carboxylic acids is 1. The van der Waals surface area contributed by atoms with Crippen molar-refractivity contribution in [3.8, 4) is 17.2 Å². The highest BCUT2D eigenvalue weighted by Crippen LogP contribution is 2.54. The summed E-state index contributed by atoms with van der Waals surface area (Å²) in [6.07, 6.45) is 0.401. The highest BCUT2D eigenvalue weighted by atomic mass is 79.9. The van der Waals surface area contributed by atoms with Crippen LogP contribution in [0.5, 0.6) is 17.2 Å². The van der Waals surface area contributed by atoms with Gasteiger partial charge in [0.25, 0.3) is 0 Å². The Balaban J connectivity index is 1.33. The number of cyclic esters (lactones) is 1. The smallest absolute Gasteiger partial charge is 0.339 e. The zero-order valence-corrected chi connectivity index (χ0v) is 21.1. The monoisotopic (exact) mass is 536 g/mol. The first-order chi connectivity index (χ1) is 17.0. The van der Waals surface area contributed by atoms with E-state index in [1.807, 2.05) is 36.4 Å². The fraction of sp³-hybridized carbons (Fsp3) is 0.296. The van der Waals surface area contributed by atoms with E-state index in [4.69, 9.17) is 18.9 Å². The van der Waals surface area contributed by atoms with E-state index in [0.29, 0.717) is 29.4 Å². The number of ether oxygens (including phenoxy) is 4. The van der Waals surface area contributed by atoms with Gasteiger partial charge in [-0.3, -0.25) is 4.90 Å². The van der Waals surface area contributed by atoms with Crippen LogP contribution >= 0.6 is 15.9 Å². The second-order valence-corrected chi connectivity index (χ2v) is 9.92. The summed E-state index contributed by atoms with van der Waals surface area (Å²) in [5.41, 5.74) is 5.63. The molecule has 8 heteroatoms. The van der Waals surface area contributed by atoms with Crippen LogP contribution < -0.4 is 19.5 Å². The fourth-order valence-electron chi connectivity index (χ4n) is 5.22. The van der Waals surface area contributed by atoms with Crippen LogP contribution in [0.1, 0.15) is 44.8 Å². The van der Waals surface area contributed by atoms with E-state index in [0.717, 1.165) is 45.4 Å². The first kappa shape index (κ1) is 22.2. The normalized spacial score (nSPS) is 20.3. The van der Waals surface area contributed by atoms with Crippen LogP contribution in [0.4, 0.5) is 5.69 Å². The summed E-state index contributed by atoms with van der Waals surface area (Å²) in [7, 11) is 3.69. The molecule has 3 aliphatic heterocycles. The van der Waals surface area contributed by atoms with E-state index >= 15 is 0 Å². The van der Waals surface area contributed by atoms with Crippen LogP contribution in [0.25, 0.3) is 0 Å². The Bertz CT molecular complexity index is 1310. The van der Waals surface area contributed by atoms with E-state index in [-0.39, 0.29) is 18.8 Å². The third-order valence-electron chi connectivity index (χ3n) is 6.96. The van der Waals surface area contributed by atoms with Crippen molar-refractivity contribution in [1.82, 2.24) is 4.90 Å². The number of carbonyl (C=O) groups is 1. The van der Waals surface area contributed by atoms with Gasteiger partial charge >= 0.3 is 5.97 Å². The summed E-state index contributed by atoms with van der Waals surface area (Å²) >= 11 is 3.46. The molecule has 3 heterocycles. The molecule has 3 aliphatic rings. The van der Waals surface area contributed by atoms with Crippen molar-refractivity contribution in [1.29, 1.82) is 0 Å². The number of likely N-dealkylation sites (N-methyl/N-ethyl adjacent to an activating group) is 1. The molecule has 0 saturated carbocycles. The maximum absolute atomic E-state index is 13.0. The molecule has 0 fully saturated rings. The number of hydrogen-bond acceptors (Lipinski definition) is 7. The quantitative estimate of drug-likeness (QED) is 0.447. The molecule has 0 aromatic heterocycles. The van der Waals surface area contributed by atoms with Gasteiger partial charge in [-0.25, -0.2) is 4.79 Å². The fourth-order valence-corrected chi connectivity index (χ4v) is 5.49. The number of esters is 1. The van der Waals surface area contributed by atoms with Gasteiger partial charge in [-0.1, -0.05) is 34.1 Å². The van der Waals surface area contributed by atoms with Crippen molar-refractivity contribution < 1.29 is 23.7 Å². The number of nitrogens with zero attached hydrogens (tertiary/aromatic N) is 1. The molecule has 0 bridgehead atoms. The van der Waals surface area contributed by atoms with Crippen LogP contribution in [0, 0.1) is 0 Å². The number of nitrogens with one attached hydrogen (secondary N) is 1. The van der Waals surface area contributed by atoms with Crippen LogP contribution in [0.3, 0.4) is 0 Å². The SMILES string of the molecule is COc1c2c(cc3c1C(C1OC(=O)c4cc(NCc5ccc(Br)cc5)ccc41)N(C)CC3)OCO2. The lowest BCUT2D eigenvalue weighted by atomic mass is 9.85. The highest BCUT2D eigenvalue weighted by Gasteiger charge is 2.44. The standard InChI is InChI=1S/C27H25BrN2O5/c1-30-10-9-16-11-21-25(34-14-33-21)26(32-2)22(16)23(30)24-19-8-7-18(12-20(19)27(31)35-24)29-13-15-3-5-17(28)6-4-15/h3-8,11-12,23-24,29H,9-10,13-14H2,1-2H3. The molecule has 0 saturated heterocycles.